The summed E-state index contributed by atoms with van der Waals surface area (Å²) in [5, 5.41) is 3.24. The average molecular weight is 147 g/mol. The zero-order valence-corrected chi connectivity index (χ0v) is 5.65. The monoisotopic (exact) mass is 147 g/mol. The van der Waals surface area contributed by atoms with E-state index in [0.717, 1.165) is 0 Å². The lowest BCUT2D eigenvalue weighted by Gasteiger charge is -1.74. The van der Waals surface area contributed by atoms with Crippen LogP contribution in [0, 0.1) is 11.8 Å². The first kappa shape index (κ1) is 7.19. The van der Waals surface area contributed by atoms with Crippen LogP contribution in [-0.2, 0) is 0 Å². The number of hydrogen-bond donors (Lipinski definition) is 1. The molecule has 1 rings (SSSR count). The Bertz CT molecular complexity index is 308. The third-order valence-electron chi connectivity index (χ3n) is 0.918. The molecule has 0 atom stereocenters. The molecule has 0 bridgehead atoms. The van der Waals surface area contributed by atoms with Crippen molar-refractivity contribution in [2.24, 2.45) is 5.11 Å². The molecule has 5 nitrogen and oxygen atoms in total. The van der Waals surface area contributed by atoms with Gasteiger partial charge in [-0.15, -0.1) is 0 Å². The summed E-state index contributed by atoms with van der Waals surface area (Å²) in [7, 11) is 0. The summed E-state index contributed by atoms with van der Waals surface area (Å²) in [6, 6.07) is 0. The maximum absolute atomic E-state index is 7.89. The molecule has 11 heavy (non-hydrogen) atoms. The van der Waals surface area contributed by atoms with E-state index < -0.39 is 0 Å². The minimum Gasteiger partial charge on any atom is -0.338 e. The van der Waals surface area contributed by atoms with Crippen molar-refractivity contribution in [3.8, 4) is 11.8 Å². The zero-order chi connectivity index (χ0) is 7.94. The van der Waals surface area contributed by atoms with Crippen LogP contribution in [0.25, 0.3) is 10.4 Å². The van der Waals surface area contributed by atoms with Crippen LogP contribution in [0.15, 0.2) is 17.5 Å². The van der Waals surface area contributed by atoms with Gasteiger partial charge in [0.15, 0.2) is 5.82 Å². The normalized spacial score (nSPS) is 7.64. The summed E-state index contributed by atoms with van der Waals surface area (Å²) in [6.07, 6.45) is 3.29. The predicted octanol–water partition coefficient (Wildman–Crippen LogP) is 1.07. The Kier molecular flexibility index (Phi) is 2.61. The second-order valence-corrected chi connectivity index (χ2v) is 1.63. The van der Waals surface area contributed by atoms with Gasteiger partial charge in [0.2, 0.25) is 0 Å². The molecule has 54 valence electrons. The minimum absolute atomic E-state index is 0.178. The Hall–Kier alpha value is -1.92. The van der Waals surface area contributed by atoms with Crippen molar-refractivity contribution in [2.45, 2.75) is 0 Å². The van der Waals surface area contributed by atoms with Crippen molar-refractivity contribution in [1.29, 1.82) is 0 Å². The number of nitrogens with zero attached hydrogens (tertiary/aromatic N) is 4. The van der Waals surface area contributed by atoms with E-state index in [4.69, 9.17) is 5.53 Å². The van der Waals surface area contributed by atoms with Gasteiger partial charge < -0.3 is 4.98 Å². The summed E-state index contributed by atoms with van der Waals surface area (Å²) < 4.78 is 0. The SMILES string of the molecule is [N-]=[N+]=NCC#Cc1ncc[nH]1. The number of aromatic amines is 1. The van der Waals surface area contributed by atoms with Crippen LogP contribution in [-0.4, -0.2) is 16.5 Å². The van der Waals surface area contributed by atoms with Crippen molar-refractivity contribution in [3.63, 3.8) is 0 Å². The number of imidazole rings is 1. The van der Waals surface area contributed by atoms with Crippen molar-refractivity contribution >= 4 is 0 Å². The smallest absolute Gasteiger partial charge is 0.182 e. The highest BCUT2D eigenvalue weighted by Gasteiger charge is 1.81. The Labute approximate surface area is 63.1 Å². The molecule has 1 aromatic rings. The van der Waals surface area contributed by atoms with Gasteiger partial charge in [0.1, 0.15) is 0 Å². The molecule has 0 fully saturated rings. The Morgan fingerprint density at radius 2 is 2.73 bits per heavy atom. The minimum atomic E-state index is 0.178. The molecule has 0 aliphatic carbocycles. The number of H-pyrrole nitrogens is 1. The molecular formula is C6H5N5. The van der Waals surface area contributed by atoms with Gasteiger partial charge in [0.05, 0.1) is 6.54 Å². The fourth-order valence-corrected chi connectivity index (χ4v) is 0.524. The topological polar surface area (TPSA) is 77.4 Å². The highest BCUT2D eigenvalue weighted by atomic mass is 15.1. The van der Waals surface area contributed by atoms with E-state index in [2.05, 4.69) is 31.8 Å². The van der Waals surface area contributed by atoms with E-state index in [1.54, 1.807) is 12.4 Å². The highest BCUT2D eigenvalue weighted by molar-refractivity contribution is 5.20. The fraction of sp³-hybridized carbons (Fsp3) is 0.167. The number of nitrogens with one attached hydrogen (secondary N) is 1. The quantitative estimate of drug-likeness (QED) is 0.274. The van der Waals surface area contributed by atoms with Crippen LogP contribution < -0.4 is 0 Å². The Morgan fingerprint density at radius 3 is 3.36 bits per heavy atom. The van der Waals surface area contributed by atoms with Crippen molar-refractivity contribution in [2.75, 3.05) is 6.54 Å². The van der Waals surface area contributed by atoms with Crippen LogP contribution in [0.3, 0.4) is 0 Å². The highest BCUT2D eigenvalue weighted by Crippen LogP contribution is 1.82. The second kappa shape index (κ2) is 3.99. The van der Waals surface area contributed by atoms with Crippen LogP contribution in [0.2, 0.25) is 0 Å². The maximum atomic E-state index is 7.89. The van der Waals surface area contributed by atoms with Gasteiger partial charge in [-0.1, -0.05) is 11.0 Å². The van der Waals surface area contributed by atoms with Crippen molar-refractivity contribution < 1.29 is 0 Å². The van der Waals surface area contributed by atoms with E-state index in [0.29, 0.717) is 5.82 Å². The van der Waals surface area contributed by atoms with E-state index >= 15 is 0 Å². The van der Waals surface area contributed by atoms with E-state index in [1.165, 1.54) is 0 Å². The molecular weight excluding hydrogens is 142 g/mol. The van der Waals surface area contributed by atoms with Crippen LogP contribution in [0.1, 0.15) is 5.82 Å². The molecule has 0 aliphatic rings. The number of azide groups is 1. The molecule has 0 aromatic carbocycles. The standard InChI is InChI=1S/C6H5N5/c7-11-10-3-1-2-6-8-4-5-9-6/h4-5H,3H2,(H,8,9). The number of hydrogen-bond acceptors (Lipinski definition) is 2. The molecule has 1 heterocycles. The average Bonchev–Trinajstić information content (AvgIpc) is 2.50. The molecule has 0 unspecified atom stereocenters. The molecule has 5 heteroatoms. The molecule has 0 aliphatic heterocycles. The first-order chi connectivity index (χ1) is 5.43. The van der Waals surface area contributed by atoms with Crippen LogP contribution >= 0.6 is 0 Å². The van der Waals surface area contributed by atoms with Crippen molar-refractivity contribution in [3.05, 3.63) is 28.7 Å². The second-order valence-electron chi connectivity index (χ2n) is 1.63. The molecule has 1 N–H and O–H groups in total. The summed E-state index contributed by atoms with van der Waals surface area (Å²) in [5.41, 5.74) is 7.89. The van der Waals surface area contributed by atoms with E-state index in [9.17, 15) is 0 Å². The lowest BCUT2D eigenvalue weighted by atomic mass is 10.5. The van der Waals surface area contributed by atoms with Crippen molar-refractivity contribution in [1.82, 2.24) is 9.97 Å². The fourth-order valence-electron chi connectivity index (χ4n) is 0.524. The third kappa shape index (κ3) is 2.43. The largest absolute Gasteiger partial charge is 0.338 e. The van der Waals surface area contributed by atoms with Gasteiger partial charge in [0.25, 0.3) is 0 Å². The van der Waals surface area contributed by atoms with Gasteiger partial charge in [-0.3, -0.25) is 0 Å². The summed E-state index contributed by atoms with van der Waals surface area (Å²) in [6.45, 7) is 0.178. The van der Waals surface area contributed by atoms with Crippen LogP contribution in [0.5, 0.6) is 0 Å². The van der Waals surface area contributed by atoms with Gasteiger partial charge in [-0.2, -0.15) is 0 Å². The van der Waals surface area contributed by atoms with Gasteiger partial charge in [-0.05, 0) is 11.5 Å². The molecule has 0 saturated heterocycles. The number of aromatic nitrogens is 2. The lowest BCUT2D eigenvalue weighted by molar-refractivity contribution is 1.23. The van der Waals surface area contributed by atoms with E-state index in [1.807, 2.05) is 0 Å². The number of rotatable bonds is 1. The van der Waals surface area contributed by atoms with Gasteiger partial charge >= 0.3 is 0 Å². The zero-order valence-electron chi connectivity index (χ0n) is 5.65. The van der Waals surface area contributed by atoms with E-state index in [-0.39, 0.29) is 6.54 Å². The molecule has 0 amide bonds. The first-order valence-electron chi connectivity index (χ1n) is 2.92. The van der Waals surface area contributed by atoms with Crippen LogP contribution in [0.4, 0.5) is 0 Å². The molecule has 0 saturated carbocycles. The Balaban J connectivity index is 2.52. The lowest BCUT2D eigenvalue weighted by Crippen LogP contribution is -1.76. The maximum Gasteiger partial charge on any atom is 0.182 e. The predicted molar refractivity (Wildman–Crippen MR) is 39.5 cm³/mol. The summed E-state index contributed by atoms with van der Waals surface area (Å²) >= 11 is 0. The molecule has 0 radical (unpaired) electrons. The van der Waals surface area contributed by atoms with Gasteiger partial charge in [-0.25, -0.2) is 4.98 Å². The molecule has 0 spiro atoms. The van der Waals surface area contributed by atoms with Gasteiger partial charge in [0, 0.05) is 17.3 Å². The summed E-state index contributed by atoms with van der Waals surface area (Å²) in [4.78, 5) is 9.19. The Morgan fingerprint density at radius 1 is 1.82 bits per heavy atom. The third-order valence-corrected chi connectivity index (χ3v) is 0.918. The summed E-state index contributed by atoms with van der Waals surface area (Å²) in [5.74, 6) is 5.88. The molecule has 1 aromatic heterocycles. The first-order valence-corrected chi connectivity index (χ1v) is 2.92.